The number of carbonyl (C=O) groups excluding carboxylic acids is 1. The summed E-state index contributed by atoms with van der Waals surface area (Å²) in [4.78, 5) is 11.3. The van der Waals surface area contributed by atoms with Gasteiger partial charge in [-0.1, -0.05) is 23.5 Å². The van der Waals surface area contributed by atoms with Crippen molar-refractivity contribution in [1.29, 1.82) is 0 Å². The van der Waals surface area contributed by atoms with Crippen molar-refractivity contribution in [2.75, 3.05) is 24.8 Å². The van der Waals surface area contributed by atoms with Crippen LogP contribution in [0.15, 0.2) is 24.3 Å². The highest BCUT2D eigenvalue weighted by molar-refractivity contribution is 7.18. The van der Waals surface area contributed by atoms with Gasteiger partial charge in [-0.05, 0) is 12.1 Å². The number of hydrogen-bond acceptors (Lipinski definition) is 6. The van der Waals surface area contributed by atoms with E-state index < -0.39 is 0 Å². The standard InChI is InChI=1S/C11H12N4O2S/c1-17-6-9(16)13-11-15-14-10(18-11)7-4-2-3-5-8(7)12/h2-5H,6,12H2,1H3,(H,13,15,16). The van der Waals surface area contributed by atoms with Crippen LogP contribution in [-0.4, -0.2) is 29.8 Å². The number of para-hydroxylation sites is 1. The first-order valence-corrected chi connectivity index (χ1v) is 5.99. The molecule has 1 aromatic carbocycles. The Kier molecular flexibility index (Phi) is 3.85. The second-order valence-corrected chi connectivity index (χ2v) is 4.46. The molecule has 2 aromatic rings. The normalized spacial score (nSPS) is 10.3. The molecule has 2 rings (SSSR count). The molecule has 6 nitrogen and oxygen atoms in total. The van der Waals surface area contributed by atoms with Crippen molar-refractivity contribution in [3.63, 3.8) is 0 Å². The van der Waals surface area contributed by atoms with Gasteiger partial charge < -0.3 is 10.5 Å². The maximum absolute atomic E-state index is 11.3. The minimum atomic E-state index is -0.263. The lowest BCUT2D eigenvalue weighted by atomic mass is 10.2. The summed E-state index contributed by atoms with van der Waals surface area (Å²) in [6.07, 6.45) is 0. The maximum Gasteiger partial charge on any atom is 0.252 e. The molecule has 0 aliphatic carbocycles. The van der Waals surface area contributed by atoms with Gasteiger partial charge in [-0.2, -0.15) is 0 Å². The number of aromatic nitrogens is 2. The highest BCUT2D eigenvalue weighted by Gasteiger charge is 2.10. The summed E-state index contributed by atoms with van der Waals surface area (Å²) < 4.78 is 4.71. The molecule has 94 valence electrons. The summed E-state index contributed by atoms with van der Waals surface area (Å²) in [7, 11) is 1.45. The lowest BCUT2D eigenvalue weighted by Gasteiger charge is -1.99. The van der Waals surface area contributed by atoms with Gasteiger partial charge in [0.1, 0.15) is 6.61 Å². The van der Waals surface area contributed by atoms with Crippen LogP contribution in [-0.2, 0) is 9.53 Å². The number of nitrogens with one attached hydrogen (secondary N) is 1. The van der Waals surface area contributed by atoms with Crippen LogP contribution in [0.5, 0.6) is 0 Å². The Morgan fingerprint density at radius 2 is 2.22 bits per heavy atom. The Bertz CT molecular complexity index is 555. The molecular weight excluding hydrogens is 252 g/mol. The van der Waals surface area contributed by atoms with Gasteiger partial charge in [0.05, 0.1) is 0 Å². The van der Waals surface area contributed by atoms with E-state index in [0.717, 1.165) is 5.56 Å². The zero-order valence-corrected chi connectivity index (χ0v) is 10.5. The molecule has 0 bridgehead atoms. The molecule has 0 aliphatic heterocycles. The van der Waals surface area contributed by atoms with Crippen molar-refractivity contribution in [2.24, 2.45) is 0 Å². The SMILES string of the molecule is COCC(=O)Nc1nnc(-c2ccccc2N)s1. The number of amides is 1. The quantitative estimate of drug-likeness (QED) is 0.814. The Morgan fingerprint density at radius 3 is 2.94 bits per heavy atom. The number of benzene rings is 1. The molecule has 0 spiro atoms. The molecule has 0 saturated heterocycles. The van der Waals surface area contributed by atoms with Crippen molar-refractivity contribution in [1.82, 2.24) is 10.2 Å². The highest BCUT2D eigenvalue weighted by Crippen LogP contribution is 2.30. The van der Waals surface area contributed by atoms with E-state index in [0.29, 0.717) is 15.8 Å². The van der Waals surface area contributed by atoms with E-state index in [-0.39, 0.29) is 12.5 Å². The second kappa shape index (κ2) is 5.56. The van der Waals surface area contributed by atoms with E-state index in [1.807, 2.05) is 18.2 Å². The second-order valence-electron chi connectivity index (χ2n) is 3.48. The van der Waals surface area contributed by atoms with Crippen molar-refractivity contribution in [2.45, 2.75) is 0 Å². The van der Waals surface area contributed by atoms with E-state index in [1.165, 1.54) is 18.4 Å². The molecule has 7 heteroatoms. The van der Waals surface area contributed by atoms with Gasteiger partial charge in [0.15, 0.2) is 5.01 Å². The molecule has 0 atom stereocenters. The first kappa shape index (κ1) is 12.5. The minimum absolute atomic E-state index is 0.0115. The van der Waals surface area contributed by atoms with E-state index in [9.17, 15) is 4.79 Å². The fourth-order valence-corrected chi connectivity index (χ4v) is 2.17. The molecular formula is C11H12N4O2S. The molecule has 1 amide bonds. The van der Waals surface area contributed by atoms with Crippen LogP contribution in [0.4, 0.5) is 10.8 Å². The minimum Gasteiger partial charge on any atom is -0.398 e. The third kappa shape index (κ3) is 2.82. The Balaban J connectivity index is 2.16. The predicted molar refractivity (Wildman–Crippen MR) is 70.3 cm³/mol. The third-order valence-corrected chi connectivity index (χ3v) is 3.01. The van der Waals surface area contributed by atoms with Gasteiger partial charge in [0.2, 0.25) is 5.13 Å². The van der Waals surface area contributed by atoms with Gasteiger partial charge in [-0.25, -0.2) is 0 Å². The fraction of sp³-hybridized carbons (Fsp3) is 0.182. The third-order valence-electron chi connectivity index (χ3n) is 2.14. The molecule has 0 fully saturated rings. The summed E-state index contributed by atoms with van der Waals surface area (Å²) in [6, 6.07) is 7.37. The molecule has 0 unspecified atom stereocenters. The van der Waals surface area contributed by atoms with Crippen LogP contribution < -0.4 is 11.1 Å². The van der Waals surface area contributed by atoms with Gasteiger partial charge in [-0.15, -0.1) is 10.2 Å². The van der Waals surface area contributed by atoms with E-state index >= 15 is 0 Å². The van der Waals surface area contributed by atoms with E-state index in [1.54, 1.807) is 6.07 Å². The average Bonchev–Trinajstić information content (AvgIpc) is 2.78. The Morgan fingerprint density at radius 1 is 1.44 bits per heavy atom. The van der Waals surface area contributed by atoms with Crippen LogP contribution in [0.25, 0.3) is 10.6 Å². The first-order chi connectivity index (χ1) is 8.70. The molecule has 1 heterocycles. The number of methoxy groups -OCH3 is 1. The van der Waals surface area contributed by atoms with Crippen LogP contribution >= 0.6 is 11.3 Å². The zero-order chi connectivity index (χ0) is 13.0. The van der Waals surface area contributed by atoms with Crippen molar-refractivity contribution in [3.8, 4) is 10.6 Å². The lowest BCUT2D eigenvalue weighted by molar-refractivity contribution is -0.119. The number of ether oxygens (including phenoxy) is 1. The lowest BCUT2D eigenvalue weighted by Crippen LogP contribution is -2.16. The monoisotopic (exact) mass is 264 g/mol. The topological polar surface area (TPSA) is 90.1 Å². The molecule has 1 aromatic heterocycles. The van der Waals surface area contributed by atoms with Gasteiger partial charge in [0.25, 0.3) is 5.91 Å². The van der Waals surface area contributed by atoms with E-state index in [4.69, 9.17) is 10.5 Å². The van der Waals surface area contributed by atoms with Gasteiger partial charge >= 0.3 is 0 Å². The van der Waals surface area contributed by atoms with Crippen LogP contribution in [0.3, 0.4) is 0 Å². The summed E-state index contributed by atoms with van der Waals surface area (Å²) in [5.74, 6) is -0.263. The summed E-state index contributed by atoms with van der Waals surface area (Å²) >= 11 is 1.26. The predicted octanol–water partition coefficient (Wildman–Crippen LogP) is 1.37. The van der Waals surface area contributed by atoms with E-state index in [2.05, 4.69) is 15.5 Å². The number of hydrogen-bond donors (Lipinski definition) is 2. The van der Waals surface area contributed by atoms with Gasteiger partial charge in [0, 0.05) is 18.4 Å². The molecule has 0 aliphatic rings. The Labute approximate surface area is 108 Å². The summed E-state index contributed by atoms with van der Waals surface area (Å²) in [5.41, 5.74) is 7.28. The summed E-state index contributed by atoms with van der Waals surface area (Å²) in [5, 5.41) is 11.6. The van der Waals surface area contributed by atoms with Crippen LogP contribution in [0.2, 0.25) is 0 Å². The number of nitrogens with zero attached hydrogens (tertiary/aromatic N) is 2. The van der Waals surface area contributed by atoms with Crippen molar-refractivity contribution < 1.29 is 9.53 Å². The number of anilines is 2. The first-order valence-electron chi connectivity index (χ1n) is 5.18. The average molecular weight is 264 g/mol. The number of nitrogen functional groups attached to an aromatic ring is 1. The number of carbonyl (C=O) groups is 1. The van der Waals surface area contributed by atoms with Crippen molar-refractivity contribution in [3.05, 3.63) is 24.3 Å². The number of nitrogens with two attached hydrogens (primary N) is 1. The summed E-state index contributed by atoms with van der Waals surface area (Å²) in [6.45, 7) is -0.0115. The largest absolute Gasteiger partial charge is 0.398 e. The Hall–Kier alpha value is -1.99. The van der Waals surface area contributed by atoms with Gasteiger partial charge in [-0.3, -0.25) is 10.1 Å². The molecule has 3 N–H and O–H groups in total. The molecule has 0 radical (unpaired) electrons. The molecule has 18 heavy (non-hydrogen) atoms. The number of rotatable bonds is 4. The van der Waals surface area contributed by atoms with Crippen LogP contribution in [0.1, 0.15) is 0 Å². The van der Waals surface area contributed by atoms with Crippen molar-refractivity contribution >= 4 is 28.1 Å². The maximum atomic E-state index is 11.3. The smallest absolute Gasteiger partial charge is 0.252 e. The highest BCUT2D eigenvalue weighted by atomic mass is 32.1. The van der Waals surface area contributed by atoms with Crippen LogP contribution in [0, 0.1) is 0 Å². The zero-order valence-electron chi connectivity index (χ0n) is 9.71. The fourth-order valence-electron chi connectivity index (χ4n) is 1.36. The molecule has 0 saturated carbocycles.